The Kier molecular flexibility index (Phi) is 7.86. The molecule has 2 aromatic carbocycles. The zero-order valence-corrected chi connectivity index (χ0v) is 18.4. The van der Waals surface area contributed by atoms with Crippen molar-refractivity contribution in [1.82, 2.24) is 9.88 Å². The van der Waals surface area contributed by atoms with Crippen molar-refractivity contribution in [2.75, 3.05) is 37.7 Å². The number of ether oxygens (including phenoxy) is 1. The van der Waals surface area contributed by atoms with Gasteiger partial charge in [0.1, 0.15) is 11.3 Å². The number of hydrogen-bond acceptors (Lipinski definition) is 5. The van der Waals surface area contributed by atoms with Crippen molar-refractivity contribution in [1.29, 1.82) is 0 Å². The number of nitrogens with zero attached hydrogens (tertiary/aromatic N) is 3. The fraction of sp³-hybridized carbons (Fsp3) is 0.364. The van der Waals surface area contributed by atoms with Crippen LogP contribution in [-0.2, 0) is 4.79 Å². The number of benzene rings is 2. The third-order valence-corrected chi connectivity index (χ3v) is 6.10. The Morgan fingerprint density at radius 3 is 2.52 bits per heavy atom. The van der Waals surface area contributed by atoms with Crippen molar-refractivity contribution >= 4 is 44.2 Å². The van der Waals surface area contributed by atoms with E-state index in [0.29, 0.717) is 23.3 Å². The third kappa shape index (κ3) is 5.69. The maximum Gasteiger partial charge on any atom is 0.232 e. The molecule has 154 valence electrons. The lowest BCUT2D eigenvalue weighted by molar-refractivity contribution is -0.119. The van der Waals surface area contributed by atoms with Crippen molar-refractivity contribution in [2.24, 2.45) is 0 Å². The van der Waals surface area contributed by atoms with E-state index >= 15 is 0 Å². The van der Waals surface area contributed by atoms with Crippen LogP contribution in [0.3, 0.4) is 0 Å². The summed E-state index contributed by atoms with van der Waals surface area (Å²) in [5.41, 5.74) is 0.746. The van der Waals surface area contributed by atoms with Gasteiger partial charge in [-0.2, -0.15) is 0 Å². The van der Waals surface area contributed by atoms with Crippen LogP contribution in [0, 0.1) is 0 Å². The standard InChI is InChI=1S/C22H26ClN3O2S/c1-3-25(4-2)14-15-26(20(27)13-16-28-17-9-6-5-7-10-17)22-24-21-18(23)11-8-12-19(21)29-22/h5-12H,3-4,13-16H2,1-2H3. The van der Waals surface area contributed by atoms with Crippen LogP contribution in [0.15, 0.2) is 48.5 Å². The van der Waals surface area contributed by atoms with Gasteiger partial charge in [-0.1, -0.05) is 61.1 Å². The molecule has 0 fully saturated rings. The number of halogens is 1. The van der Waals surface area contributed by atoms with E-state index in [-0.39, 0.29) is 12.3 Å². The molecule has 3 rings (SSSR count). The van der Waals surface area contributed by atoms with Crippen LogP contribution in [0.5, 0.6) is 5.75 Å². The first kappa shape index (κ1) is 21.6. The lowest BCUT2D eigenvalue weighted by Crippen LogP contribution is -2.39. The Labute approximate surface area is 180 Å². The number of likely N-dealkylation sites (N-methyl/N-ethyl adjacent to an activating group) is 1. The minimum absolute atomic E-state index is 0.00302. The van der Waals surface area contributed by atoms with Crippen LogP contribution in [0.1, 0.15) is 20.3 Å². The highest BCUT2D eigenvalue weighted by Crippen LogP contribution is 2.33. The number of carbonyl (C=O) groups excluding carboxylic acids is 1. The van der Waals surface area contributed by atoms with E-state index in [1.165, 1.54) is 11.3 Å². The lowest BCUT2D eigenvalue weighted by Gasteiger charge is -2.24. The van der Waals surface area contributed by atoms with Crippen LogP contribution in [-0.4, -0.2) is 48.6 Å². The fourth-order valence-electron chi connectivity index (χ4n) is 3.03. The normalized spacial score (nSPS) is 11.2. The molecule has 0 aliphatic rings. The Balaban J connectivity index is 1.74. The van der Waals surface area contributed by atoms with Crippen LogP contribution in [0.2, 0.25) is 5.02 Å². The average Bonchev–Trinajstić information content (AvgIpc) is 3.17. The van der Waals surface area contributed by atoms with Crippen molar-refractivity contribution in [3.05, 3.63) is 53.6 Å². The highest BCUT2D eigenvalue weighted by atomic mass is 35.5. The van der Waals surface area contributed by atoms with Crippen LogP contribution >= 0.6 is 22.9 Å². The molecule has 0 unspecified atom stereocenters. The van der Waals surface area contributed by atoms with Gasteiger partial charge in [-0.3, -0.25) is 9.69 Å². The summed E-state index contributed by atoms with van der Waals surface area (Å²) in [5, 5.41) is 1.29. The number of thiazole rings is 1. The second-order valence-electron chi connectivity index (χ2n) is 6.57. The first-order chi connectivity index (χ1) is 14.1. The smallest absolute Gasteiger partial charge is 0.232 e. The molecule has 0 N–H and O–H groups in total. The summed E-state index contributed by atoms with van der Waals surface area (Å²) < 4.78 is 6.69. The number of rotatable bonds is 10. The van der Waals surface area contributed by atoms with Crippen LogP contribution < -0.4 is 9.64 Å². The van der Waals surface area contributed by atoms with Gasteiger partial charge in [0, 0.05) is 13.1 Å². The van der Waals surface area contributed by atoms with Crippen molar-refractivity contribution in [2.45, 2.75) is 20.3 Å². The molecular formula is C22H26ClN3O2S. The molecule has 7 heteroatoms. The maximum atomic E-state index is 13.0. The number of para-hydroxylation sites is 2. The molecule has 1 heterocycles. The molecule has 1 amide bonds. The number of amides is 1. The minimum Gasteiger partial charge on any atom is -0.493 e. The van der Waals surface area contributed by atoms with Gasteiger partial charge in [-0.05, 0) is 37.4 Å². The maximum absolute atomic E-state index is 13.0. The van der Waals surface area contributed by atoms with Gasteiger partial charge in [0.2, 0.25) is 5.91 Å². The van der Waals surface area contributed by atoms with Crippen molar-refractivity contribution < 1.29 is 9.53 Å². The summed E-state index contributed by atoms with van der Waals surface area (Å²) in [4.78, 5) is 21.8. The van der Waals surface area contributed by atoms with Gasteiger partial charge < -0.3 is 9.64 Å². The molecule has 0 aliphatic carbocycles. The van der Waals surface area contributed by atoms with E-state index < -0.39 is 0 Å². The molecule has 0 saturated heterocycles. The minimum atomic E-state index is 0.00302. The molecule has 0 atom stereocenters. The van der Waals surface area contributed by atoms with E-state index in [4.69, 9.17) is 16.3 Å². The number of hydrogen-bond donors (Lipinski definition) is 0. The van der Waals surface area contributed by atoms with E-state index in [0.717, 1.165) is 35.6 Å². The zero-order chi connectivity index (χ0) is 20.6. The molecule has 3 aromatic rings. The number of aromatic nitrogens is 1. The fourth-order valence-corrected chi connectivity index (χ4v) is 4.34. The van der Waals surface area contributed by atoms with Gasteiger partial charge in [0.05, 0.1) is 22.8 Å². The van der Waals surface area contributed by atoms with Crippen LogP contribution in [0.25, 0.3) is 10.2 Å². The Morgan fingerprint density at radius 1 is 1.07 bits per heavy atom. The Morgan fingerprint density at radius 2 is 1.83 bits per heavy atom. The van der Waals surface area contributed by atoms with Gasteiger partial charge in [-0.15, -0.1) is 0 Å². The highest BCUT2D eigenvalue weighted by molar-refractivity contribution is 7.22. The largest absolute Gasteiger partial charge is 0.493 e. The average molecular weight is 432 g/mol. The summed E-state index contributed by atoms with van der Waals surface area (Å²) in [6.45, 7) is 7.85. The SMILES string of the molecule is CCN(CC)CCN(C(=O)CCOc1ccccc1)c1nc2c(Cl)cccc2s1. The van der Waals surface area contributed by atoms with E-state index in [1.54, 1.807) is 4.90 Å². The van der Waals surface area contributed by atoms with Crippen molar-refractivity contribution in [3.63, 3.8) is 0 Å². The topological polar surface area (TPSA) is 45.7 Å². The summed E-state index contributed by atoms with van der Waals surface area (Å²) in [6, 6.07) is 15.2. The second kappa shape index (κ2) is 10.6. The summed E-state index contributed by atoms with van der Waals surface area (Å²) in [6.07, 6.45) is 0.288. The number of carbonyl (C=O) groups is 1. The number of anilines is 1. The Hall–Kier alpha value is -2.15. The quantitative estimate of drug-likeness (QED) is 0.448. The molecule has 0 saturated carbocycles. The van der Waals surface area contributed by atoms with E-state index in [1.807, 2.05) is 48.5 Å². The third-order valence-electron chi connectivity index (χ3n) is 4.75. The molecular weight excluding hydrogens is 406 g/mol. The first-order valence-corrected chi connectivity index (χ1v) is 11.1. The summed E-state index contributed by atoms with van der Waals surface area (Å²) in [7, 11) is 0. The van der Waals surface area contributed by atoms with Crippen LogP contribution in [0.4, 0.5) is 5.13 Å². The molecule has 0 radical (unpaired) electrons. The molecule has 0 spiro atoms. The van der Waals surface area contributed by atoms with Gasteiger partial charge >= 0.3 is 0 Å². The molecule has 5 nitrogen and oxygen atoms in total. The van der Waals surface area contributed by atoms with Gasteiger partial charge in [-0.25, -0.2) is 4.98 Å². The van der Waals surface area contributed by atoms with Crippen molar-refractivity contribution in [3.8, 4) is 5.75 Å². The summed E-state index contributed by atoms with van der Waals surface area (Å²) >= 11 is 7.79. The van der Waals surface area contributed by atoms with Gasteiger partial charge in [0.15, 0.2) is 5.13 Å². The zero-order valence-electron chi connectivity index (χ0n) is 16.8. The molecule has 29 heavy (non-hydrogen) atoms. The van der Waals surface area contributed by atoms with Gasteiger partial charge in [0.25, 0.3) is 0 Å². The number of fused-ring (bicyclic) bond motifs is 1. The lowest BCUT2D eigenvalue weighted by atomic mass is 10.3. The highest BCUT2D eigenvalue weighted by Gasteiger charge is 2.21. The molecule has 0 aliphatic heterocycles. The monoisotopic (exact) mass is 431 g/mol. The van der Waals surface area contributed by atoms with E-state index in [2.05, 4.69) is 23.7 Å². The second-order valence-corrected chi connectivity index (χ2v) is 7.98. The predicted octanol–water partition coefficient (Wildman–Crippen LogP) is 5.09. The molecule has 0 bridgehead atoms. The molecule has 1 aromatic heterocycles. The predicted molar refractivity (Wildman–Crippen MR) is 121 cm³/mol. The van der Waals surface area contributed by atoms with E-state index in [9.17, 15) is 4.79 Å². The first-order valence-electron chi connectivity index (χ1n) is 9.88. The Bertz CT molecular complexity index is 928. The summed E-state index contributed by atoms with van der Waals surface area (Å²) in [5.74, 6) is 0.769.